The maximum Gasteiger partial charge on any atom is 0.244 e. The lowest BCUT2D eigenvalue weighted by molar-refractivity contribution is -0.124. The van der Waals surface area contributed by atoms with E-state index in [1.165, 1.54) is 6.08 Å². The molecule has 2 N–H and O–H groups in total. The molecule has 2 aromatic rings. The molecule has 0 aromatic heterocycles. The summed E-state index contributed by atoms with van der Waals surface area (Å²) >= 11 is 11.7. The van der Waals surface area contributed by atoms with Gasteiger partial charge in [0.05, 0.1) is 16.6 Å². The summed E-state index contributed by atoms with van der Waals surface area (Å²) in [5, 5.41) is 6.12. The minimum absolute atomic E-state index is 0.0859. The van der Waals surface area contributed by atoms with Crippen LogP contribution in [0.3, 0.4) is 0 Å². The molecule has 2 aromatic carbocycles. The average Bonchev–Trinajstić information content (AvgIpc) is 2.60. The molecule has 2 rings (SSSR count). The predicted molar refractivity (Wildman–Crippen MR) is 96.8 cm³/mol. The molecule has 0 aliphatic carbocycles. The van der Waals surface area contributed by atoms with Crippen molar-refractivity contribution in [1.29, 1.82) is 0 Å². The first kappa shape index (κ1) is 18.0. The van der Waals surface area contributed by atoms with Gasteiger partial charge in [0.2, 0.25) is 11.8 Å². The summed E-state index contributed by atoms with van der Waals surface area (Å²) in [6.45, 7) is 0.339. The van der Waals surface area contributed by atoms with Crippen molar-refractivity contribution in [2.75, 3.05) is 6.54 Å². The van der Waals surface area contributed by atoms with E-state index in [9.17, 15) is 9.59 Å². The molecule has 0 saturated heterocycles. The Labute approximate surface area is 150 Å². The minimum Gasteiger partial charge on any atom is -0.350 e. The Morgan fingerprint density at radius 2 is 1.71 bits per heavy atom. The minimum atomic E-state index is -0.365. The van der Waals surface area contributed by atoms with E-state index >= 15 is 0 Å². The van der Waals surface area contributed by atoms with Crippen molar-refractivity contribution < 1.29 is 9.59 Å². The quantitative estimate of drug-likeness (QED) is 0.773. The van der Waals surface area contributed by atoms with Crippen LogP contribution < -0.4 is 10.6 Å². The highest BCUT2D eigenvalue weighted by Crippen LogP contribution is 2.22. The Balaban J connectivity index is 1.75. The normalized spacial score (nSPS) is 10.6. The third-order valence-electron chi connectivity index (χ3n) is 3.13. The first-order valence-corrected chi connectivity index (χ1v) is 8.02. The standard InChI is InChI=1S/C18H16Cl2N2O2/c19-15-8-6-13(10-16(15)20)7-9-17(23)22-12-18(24)21-11-14-4-2-1-3-5-14/h1-10H,11-12H2,(H,21,24)(H,22,23)/b9-7+. The van der Waals surface area contributed by atoms with Crippen LogP contribution >= 0.6 is 23.2 Å². The van der Waals surface area contributed by atoms with Crippen LogP contribution in [0, 0.1) is 0 Å². The van der Waals surface area contributed by atoms with Gasteiger partial charge in [-0.15, -0.1) is 0 Å². The summed E-state index contributed by atoms with van der Waals surface area (Å²) in [7, 11) is 0. The Bertz CT molecular complexity index is 746. The Morgan fingerprint density at radius 3 is 2.42 bits per heavy atom. The third kappa shape index (κ3) is 6.07. The number of amides is 2. The van der Waals surface area contributed by atoms with Gasteiger partial charge in [-0.2, -0.15) is 0 Å². The fourth-order valence-corrected chi connectivity index (χ4v) is 2.18. The molecule has 0 radical (unpaired) electrons. The van der Waals surface area contributed by atoms with E-state index in [4.69, 9.17) is 23.2 Å². The number of benzene rings is 2. The molecule has 0 saturated carbocycles. The Morgan fingerprint density at radius 1 is 0.958 bits per heavy atom. The zero-order valence-corrected chi connectivity index (χ0v) is 14.3. The van der Waals surface area contributed by atoms with Gasteiger partial charge >= 0.3 is 0 Å². The number of nitrogens with one attached hydrogen (secondary N) is 2. The molecule has 0 unspecified atom stereocenters. The SMILES string of the molecule is O=C(/C=C/c1ccc(Cl)c(Cl)c1)NCC(=O)NCc1ccccc1. The third-order valence-corrected chi connectivity index (χ3v) is 3.87. The molecule has 124 valence electrons. The van der Waals surface area contributed by atoms with Gasteiger partial charge in [-0.1, -0.05) is 59.6 Å². The second-order valence-electron chi connectivity index (χ2n) is 4.99. The van der Waals surface area contributed by atoms with Crippen LogP contribution in [0.4, 0.5) is 0 Å². The number of carbonyl (C=O) groups excluding carboxylic acids is 2. The summed E-state index contributed by atoms with van der Waals surface area (Å²) in [5.74, 6) is -0.619. The topological polar surface area (TPSA) is 58.2 Å². The fraction of sp³-hybridized carbons (Fsp3) is 0.111. The predicted octanol–water partition coefficient (Wildman–Crippen LogP) is 3.44. The van der Waals surface area contributed by atoms with Crippen LogP contribution in [0.5, 0.6) is 0 Å². The van der Waals surface area contributed by atoms with Crippen molar-refractivity contribution in [1.82, 2.24) is 10.6 Å². The first-order chi connectivity index (χ1) is 11.5. The van der Waals surface area contributed by atoms with Crippen molar-refractivity contribution in [3.63, 3.8) is 0 Å². The van der Waals surface area contributed by atoms with Gasteiger partial charge in [0, 0.05) is 12.6 Å². The largest absolute Gasteiger partial charge is 0.350 e. The van der Waals surface area contributed by atoms with Crippen molar-refractivity contribution >= 4 is 41.1 Å². The Hall–Kier alpha value is -2.30. The van der Waals surface area contributed by atoms with E-state index in [0.29, 0.717) is 16.6 Å². The van der Waals surface area contributed by atoms with E-state index in [2.05, 4.69) is 10.6 Å². The van der Waals surface area contributed by atoms with Crippen molar-refractivity contribution in [3.8, 4) is 0 Å². The number of rotatable bonds is 6. The van der Waals surface area contributed by atoms with E-state index in [-0.39, 0.29) is 18.4 Å². The molecule has 0 bridgehead atoms. The van der Waals surface area contributed by atoms with Gasteiger partial charge in [0.25, 0.3) is 0 Å². The van der Waals surface area contributed by atoms with Crippen LogP contribution in [0.1, 0.15) is 11.1 Å². The molecule has 2 amide bonds. The maximum absolute atomic E-state index is 11.7. The molecule has 0 atom stereocenters. The molecular formula is C18H16Cl2N2O2. The smallest absolute Gasteiger partial charge is 0.244 e. The van der Waals surface area contributed by atoms with E-state index in [1.54, 1.807) is 24.3 Å². The summed E-state index contributed by atoms with van der Waals surface area (Å²) in [6.07, 6.45) is 2.93. The highest BCUT2D eigenvalue weighted by molar-refractivity contribution is 6.42. The van der Waals surface area contributed by atoms with Gasteiger partial charge in [0.1, 0.15) is 0 Å². The second-order valence-corrected chi connectivity index (χ2v) is 5.80. The molecule has 0 aliphatic rings. The molecule has 0 heterocycles. The number of halogens is 2. The number of hydrogen-bond acceptors (Lipinski definition) is 2. The molecule has 4 nitrogen and oxygen atoms in total. The van der Waals surface area contributed by atoms with Crippen LogP contribution in [-0.2, 0) is 16.1 Å². The summed E-state index contributed by atoms with van der Waals surface area (Å²) in [5.41, 5.74) is 1.74. The van der Waals surface area contributed by atoms with E-state index in [1.807, 2.05) is 30.3 Å². The lowest BCUT2D eigenvalue weighted by Gasteiger charge is -2.05. The number of carbonyl (C=O) groups is 2. The molecule has 6 heteroatoms. The summed E-state index contributed by atoms with van der Waals surface area (Å²) < 4.78 is 0. The maximum atomic E-state index is 11.7. The van der Waals surface area contributed by atoms with Gasteiger partial charge in [-0.05, 0) is 29.3 Å². The van der Waals surface area contributed by atoms with Crippen LogP contribution in [-0.4, -0.2) is 18.4 Å². The highest BCUT2D eigenvalue weighted by atomic mass is 35.5. The van der Waals surface area contributed by atoms with E-state index in [0.717, 1.165) is 11.1 Å². The van der Waals surface area contributed by atoms with Crippen molar-refractivity contribution in [2.24, 2.45) is 0 Å². The lowest BCUT2D eigenvalue weighted by Crippen LogP contribution is -2.35. The first-order valence-electron chi connectivity index (χ1n) is 7.26. The van der Waals surface area contributed by atoms with Crippen LogP contribution in [0.25, 0.3) is 6.08 Å². The lowest BCUT2D eigenvalue weighted by atomic mass is 10.2. The molecular weight excluding hydrogens is 347 g/mol. The van der Waals surface area contributed by atoms with Gasteiger partial charge < -0.3 is 10.6 Å². The number of hydrogen-bond donors (Lipinski definition) is 2. The summed E-state index contributed by atoms with van der Waals surface area (Å²) in [4.78, 5) is 23.4. The highest BCUT2D eigenvalue weighted by Gasteiger charge is 2.03. The Kier molecular flexibility index (Phi) is 6.85. The fourth-order valence-electron chi connectivity index (χ4n) is 1.87. The molecule has 0 spiro atoms. The van der Waals surface area contributed by atoms with Crippen LogP contribution in [0.2, 0.25) is 10.0 Å². The van der Waals surface area contributed by atoms with Crippen molar-refractivity contribution in [3.05, 3.63) is 75.8 Å². The second kappa shape index (κ2) is 9.11. The monoisotopic (exact) mass is 362 g/mol. The molecule has 24 heavy (non-hydrogen) atoms. The molecule has 0 aliphatic heterocycles. The average molecular weight is 363 g/mol. The van der Waals surface area contributed by atoms with Gasteiger partial charge in [-0.25, -0.2) is 0 Å². The van der Waals surface area contributed by atoms with Crippen molar-refractivity contribution in [2.45, 2.75) is 6.54 Å². The molecule has 0 fully saturated rings. The zero-order chi connectivity index (χ0) is 17.4. The van der Waals surface area contributed by atoms with Gasteiger partial charge in [-0.3, -0.25) is 9.59 Å². The summed E-state index contributed by atoms with van der Waals surface area (Å²) in [6, 6.07) is 14.6. The van der Waals surface area contributed by atoms with Gasteiger partial charge in [0.15, 0.2) is 0 Å². The van der Waals surface area contributed by atoms with E-state index < -0.39 is 0 Å². The van der Waals surface area contributed by atoms with Crippen LogP contribution in [0.15, 0.2) is 54.6 Å². The zero-order valence-electron chi connectivity index (χ0n) is 12.8.